The summed E-state index contributed by atoms with van der Waals surface area (Å²) in [6, 6.07) is 8.33. The third-order valence-electron chi connectivity index (χ3n) is 5.17. The second-order valence-electron chi connectivity index (χ2n) is 6.44. The molecule has 1 amide bonds. The number of carbonyl (C=O) groups is 1. The standard InChI is InChI=1S/C17H23BrN2O.ClH/c18-15-5-3-14(4-6-15)17(8-1-2-9-17)16(21)20-10-7-13(11-19)12-20;/h3-6,13H,1-2,7-12,19H2;1H. The second-order valence-corrected chi connectivity index (χ2v) is 7.35. The first-order chi connectivity index (χ1) is 10.2. The maximum atomic E-state index is 13.2. The molecule has 0 radical (unpaired) electrons. The highest BCUT2D eigenvalue weighted by molar-refractivity contribution is 9.10. The van der Waals surface area contributed by atoms with Crippen molar-refractivity contribution in [2.45, 2.75) is 37.5 Å². The smallest absolute Gasteiger partial charge is 0.233 e. The van der Waals surface area contributed by atoms with E-state index in [-0.39, 0.29) is 17.8 Å². The van der Waals surface area contributed by atoms with Crippen molar-refractivity contribution in [1.82, 2.24) is 4.90 Å². The number of nitrogens with zero attached hydrogens (tertiary/aromatic N) is 1. The van der Waals surface area contributed by atoms with E-state index in [0.717, 1.165) is 49.7 Å². The van der Waals surface area contributed by atoms with Crippen LogP contribution in [0.5, 0.6) is 0 Å². The fourth-order valence-corrected chi connectivity index (χ4v) is 4.15. The van der Waals surface area contributed by atoms with Crippen molar-refractivity contribution in [2.24, 2.45) is 11.7 Å². The number of amides is 1. The number of hydrogen-bond donors (Lipinski definition) is 1. The predicted molar refractivity (Wildman–Crippen MR) is 95.3 cm³/mol. The summed E-state index contributed by atoms with van der Waals surface area (Å²) in [7, 11) is 0. The van der Waals surface area contributed by atoms with Crippen LogP contribution in [-0.2, 0) is 10.2 Å². The summed E-state index contributed by atoms with van der Waals surface area (Å²) in [4.78, 5) is 15.3. The molecular weight excluding hydrogens is 364 g/mol. The Balaban J connectivity index is 0.00000176. The number of halogens is 2. The van der Waals surface area contributed by atoms with Crippen molar-refractivity contribution >= 4 is 34.2 Å². The molecule has 1 aromatic rings. The van der Waals surface area contributed by atoms with Crippen LogP contribution in [0.1, 0.15) is 37.7 Å². The van der Waals surface area contributed by atoms with E-state index in [0.29, 0.717) is 18.4 Å². The molecule has 2 N–H and O–H groups in total. The topological polar surface area (TPSA) is 46.3 Å². The van der Waals surface area contributed by atoms with Gasteiger partial charge in [0.1, 0.15) is 0 Å². The average molecular weight is 388 g/mol. The highest BCUT2D eigenvalue weighted by atomic mass is 79.9. The van der Waals surface area contributed by atoms with Gasteiger partial charge in [0.05, 0.1) is 5.41 Å². The van der Waals surface area contributed by atoms with Crippen molar-refractivity contribution in [2.75, 3.05) is 19.6 Å². The summed E-state index contributed by atoms with van der Waals surface area (Å²) < 4.78 is 1.07. The molecule has 1 saturated carbocycles. The van der Waals surface area contributed by atoms with E-state index in [1.165, 1.54) is 5.56 Å². The van der Waals surface area contributed by atoms with Gasteiger partial charge < -0.3 is 10.6 Å². The molecule has 0 aromatic heterocycles. The van der Waals surface area contributed by atoms with Gasteiger partial charge in [-0.2, -0.15) is 0 Å². The molecule has 2 aliphatic rings. The molecule has 1 saturated heterocycles. The van der Waals surface area contributed by atoms with Crippen LogP contribution < -0.4 is 5.73 Å². The van der Waals surface area contributed by atoms with Crippen molar-refractivity contribution in [3.05, 3.63) is 34.3 Å². The van der Waals surface area contributed by atoms with Crippen LogP contribution in [0.2, 0.25) is 0 Å². The number of carbonyl (C=O) groups excluding carboxylic acids is 1. The Morgan fingerprint density at radius 3 is 2.45 bits per heavy atom. The summed E-state index contributed by atoms with van der Waals surface area (Å²) in [5.74, 6) is 0.815. The van der Waals surface area contributed by atoms with Gasteiger partial charge in [0.25, 0.3) is 0 Å². The molecule has 3 nitrogen and oxygen atoms in total. The summed E-state index contributed by atoms with van der Waals surface area (Å²) in [5, 5.41) is 0. The molecule has 3 rings (SSSR count). The van der Waals surface area contributed by atoms with Crippen LogP contribution in [0.25, 0.3) is 0 Å². The highest BCUT2D eigenvalue weighted by Gasteiger charge is 2.46. The van der Waals surface area contributed by atoms with E-state index >= 15 is 0 Å². The minimum Gasteiger partial charge on any atom is -0.342 e. The monoisotopic (exact) mass is 386 g/mol. The van der Waals surface area contributed by atoms with Gasteiger partial charge in [-0.3, -0.25) is 4.79 Å². The Hall–Kier alpha value is -0.580. The van der Waals surface area contributed by atoms with Gasteiger partial charge in [-0.25, -0.2) is 0 Å². The maximum Gasteiger partial charge on any atom is 0.233 e. The Labute approximate surface area is 147 Å². The number of hydrogen-bond acceptors (Lipinski definition) is 2. The van der Waals surface area contributed by atoms with E-state index in [4.69, 9.17) is 5.73 Å². The SMILES string of the molecule is Cl.NCC1CCN(C(=O)C2(c3ccc(Br)cc3)CCCC2)C1. The Bertz CT molecular complexity index is 514. The summed E-state index contributed by atoms with van der Waals surface area (Å²) in [5.41, 5.74) is 6.66. The predicted octanol–water partition coefficient (Wildman–Crippen LogP) is 3.49. The third-order valence-corrected chi connectivity index (χ3v) is 5.70. The van der Waals surface area contributed by atoms with Crippen LogP contribution in [0.4, 0.5) is 0 Å². The molecule has 1 atom stereocenters. The molecule has 1 aliphatic carbocycles. The molecule has 122 valence electrons. The zero-order valence-corrected chi connectivity index (χ0v) is 15.2. The zero-order valence-electron chi connectivity index (χ0n) is 12.8. The van der Waals surface area contributed by atoms with Gasteiger partial charge in [0.15, 0.2) is 0 Å². The lowest BCUT2D eigenvalue weighted by molar-refractivity contribution is -0.136. The van der Waals surface area contributed by atoms with Gasteiger partial charge >= 0.3 is 0 Å². The van der Waals surface area contributed by atoms with Crippen LogP contribution in [0.15, 0.2) is 28.7 Å². The lowest BCUT2D eigenvalue weighted by Crippen LogP contribution is -2.44. The van der Waals surface area contributed by atoms with Crippen LogP contribution in [0, 0.1) is 5.92 Å². The van der Waals surface area contributed by atoms with Crippen molar-refractivity contribution in [3.63, 3.8) is 0 Å². The van der Waals surface area contributed by atoms with Crippen molar-refractivity contribution in [1.29, 1.82) is 0 Å². The summed E-state index contributed by atoms with van der Waals surface area (Å²) in [6.07, 6.45) is 5.32. The van der Waals surface area contributed by atoms with Crippen LogP contribution in [-0.4, -0.2) is 30.4 Å². The van der Waals surface area contributed by atoms with Crippen LogP contribution in [0.3, 0.4) is 0 Å². The van der Waals surface area contributed by atoms with E-state index in [1.54, 1.807) is 0 Å². The first-order valence-corrected chi connectivity index (χ1v) is 8.70. The highest BCUT2D eigenvalue weighted by Crippen LogP contribution is 2.43. The molecule has 0 spiro atoms. The first kappa shape index (κ1) is 17.8. The molecule has 2 fully saturated rings. The first-order valence-electron chi connectivity index (χ1n) is 7.91. The van der Waals surface area contributed by atoms with E-state index < -0.39 is 0 Å². The fourth-order valence-electron chi connectivity index (χ4n) is 3.89. The van der Waals surface area contributed by atoms with Crippen molar-refractivity contribution < 1.29 is 4.79 Å². The van der Waals surface area contributed by atoms with Gasteiger partial charge in [0.2, 0.25) is 5.91 Å². The third kappa shape index (κ3) is 3.19. The second kappa shape index (κ2) is 7.33. The summed E-state index contributed by atoms with van der Waals surface area (Å²) in [6.45, 7) is 2.40. The number of nitrogens with two attached hydrogens (primary N) is 1. The molecule has 1 aromatic carbocycles. The van der Waals surface area contributed by atoms with Gasteiger partial charge in [-0.1, -0.05) is 40.9 Å². The largest absolute Gasteiger partial charge is 0.342 e. The summed E-state index contributed by atoms with van der Waals surface area (Å²) >= 11 is 3.48. The molecular formula is C17H24BrClN2O. The molecule has 1 unspecified atom stereocenters. The van der Waals surface area contributed by atoms with Gasteiger partial charge in [0, 0.05) is 17.6 Å². The number of benzene rings is 1. The minimum atomic E-state index is -0.288. The lowest BCUT2D eigenvalue weighted by atomic mass is 9.77. The van der Waals surface area contributed by atoms with Crippen molar-refractivity contribution in [3.8, 4) is 0 Å². The van der Waals surface area contributed by atoms with Crippen LogP contribution >= 0.6 is 28.3 Å². The molecule has 1 heterocycles. The molecule has 1 aliphatic heterocycles. The van der Waals surface area contributed by atoms with E-state index in [1.807, 2.05) is 0 Å². The number of rotatable bonds is 3. The van der Waals surface area contributed by atoms with E-state index in [2.05, 4.69) is 45.1 Å². The zero-order chi connectivity index (χ0) is 14.9. The minimum absolute atomic E-state index is 0. The maximum absolute atomic E-state index is 13.2. The van der Waals surface area contributed by atoms with Gasteiger partial charge in [-0.05, 0) is 49.4 Å². The Morgan fingerprint density at radius 1 is 1.27 bits per heavy atom. The lowest BCUT2D eigenvalue weighted by Gasteiger charge is -2.33. The molecule has 22 heavy (non-hydrogen) atoms. The molecule has 5 heteroatoms. The van der Waals surface area contributed by atoms with E-state index in [9.17, 15) is 4.79 Å². The van der Waals surface area contributed by atoms with Gasteiger partial charge in [-0.15, -0.1) is 12.4 Å². The quantitative estimate of drug-likeness (QED) is 0.863. The fraction of sp³-hybridized carbons (Fsp3) is 0.588. The average Bonchev–Trinajstić information content (AvgIpc) is 3.17. The number of likely N-dealkylation sites (tertiary alicyclic amines) is 1. The Kier molecular flexibility index (Phi) is 5.92. The molecule has 0 bridgehead atoms. The Morgan fingerprint density at radius 2 is 1.91 bits per heavy atom. The normalized spacial score (nSPS) is 23.4.